The van der Waals surface area contributed by atoms with Crippen molar-refractivity contribution in [2.24, 2.45) is 0 Å². The molecule has 0 aliphatic carbocycles. The number of nitrogens with zero attached hydrogens (tertiary/aromatic N) is 2. The summed E-state index contributed by atoms with van der Waals surface area (Å²) in [6.45, 7) is 0. The summed E-state index contributed by atoms with van der Waals surface area (Å²) in [5, 5.41) is 9.35. The molecule has 4 nitrogen and oxygen atoms in total. The molecular formula is C64H40N2O2S4. The Balaban J connectivity index is 0.956. The van der Waals surface area contributed by atoms with E-state index in [-0.39, 0.29) is 0 Å². The first kappa shape index (κ1) is 42.6. The largest absolute Gasteiger partial charge is 0.457 e. The standard InChI is InChI=1S/C64H40N2O2S4/c1-7-19-43(20-8-1)65(44-21-9-2-10-22-44)61-39-59-57(71-61)37-55(69-59)51-33-41-31-50(68-48-29-17-6-18-30-48)36-54-52(34-42-32-49(35-53(51)63(42)64(41)54)67-47-27-15-5-16-28-47)56-38-58-60(70-56)40-62(72-58)66(45-23-11-3-12-24-45)46-25-13-4-14-26-46/h1-40H. The lowest BCUT2D eigenvalue weighted by atomic mass is 9.88. The van der Waals surface area contributed by atoms with E-state index in [1.54, 1.807) is 0 Å². The van der Waals surface area contributed by atoms with Crippen LogP contribution in [0.2, 0.25) is 0 Å². The van der Waals surface area contributed by atoms with E-state index in [1.807, 2.05) is 106 Å². The lowest BCUT2D eigenvalue weighted by Gasteiger charge is -2.23. The highest BCUT2D eigenvalue weighted by molar-refractivity contribution is 7.32. The number of thiophene rings is 4. The molecule has 4 heterocycles. The fraction of sp³-hybridized carbons (Fsp3) is 0. The minimum Gasteiger partial charge on any atom is -0.457 e. The maximum atomic E-state index is 6.74. The zero-order valence-corrected chi connectivity index (χ0v) is 41.7. The molecule has 0 saturated heterocycles. The maximum Gasteiger partial charge on any atom is 0.128 e. The van der Waals surface area contributed by atoms with Crippen molar-refractivity contribution in [3.63, 3.8) is 0 Å². The van der Waals surface area contributed by atoms with Crippen LogP contribution in [-0.4, -0.2) is 0 Å². The number of fused-ring (bicyclic) bond motifs is 2. The second kappa shape index (κ2) is 17.9. The average molecular weight is 997 g/mol. The van der Waals surface area contributed by atoms with Gasteiger partial charge in [0.25, 0.3) is 0 Å². The molecule has 0 spiro atoms. The minimum absolute atomic E-state index is 0.799. The van der Waals surface area contributed by atoms with Gasteiger partial charge in [-0.1, -0.05) is 109 Å². The number of hydrogen-bond donors (Lipinski definition) is 0. The zero-order chi connectivity index (χ0) is 47.5. The quantitative estimate of drug-likeness (QED) is 0.114. The van der Waals surface area contributed by atoms with Crippen LogP contribution >= 0.6 is 45.3 Å². The summed E-state index contributed by atoms with van der Waals surface area (Å²) in [5.41, 5.74) is 6.86. The Kier molecular flexibility index (Phi) is 10.6. The van der Waals surface area contributed by atoms with Gasteiger partial charge in [-0.2, -0.15) is 0 Å². The van der Waals surface area contributed by atoms with Crippen LogP contribution in [0.4, 0.5) is 32.8 Å². The van der Waals surface area contributed by atoms with Gasteiger partial charge in [0.2, 0.25) is 0 Å². The molecule has 14 aromatic rings. The predicted molar refractivity (Wildman–Crippen MR) is 310 cm³/mol. The van der Waals surface area contributed by atoms with Gasteiger partial charge in [-0.15, -0.1) is 45.3 Å². The van der Waals surface area contributed by atoms with E-state index in [0.717, 1.165) is 67.3 Å². The monoisotopic (exact) mass is 996 g/mol. The van der Waals surface area contributed by atoms with Gasteiger partial charge in [0, 0.05) is 62.4 Å². The van der Waals surface area contributed by atoms with Crippen molar-refractivity contribution in [1.29, 1.82) is 0 Å². The molecular weight excluding hydrogens is 957 g/mol. The number of anilines is 6. The van der Waals surface area contributed by atoms with Crippen molar-refractivity contribution >= 4 is 129 Å². The first-order valence-corrected chi connectivity index (χ1v) is 27.0. The van der Waals surface area contributed by atoms with Gasteiger partial charge >= 0.3 is 0 Å². The highest BCUT2D eigenvalue weighted by atomic mass is 32.1. The van der Waals surface area contributed by atoms with E-state index in [4.69, 9.17) is 9.47 Å². The van der Waals surface area contributed by atoms with E-state index in [9.17, 15) is 0 Å². The summed E-state index contributed by atoms with van der Waals surface area (Å²) in [5.74, 6) is 3.20. The number of ether oxygens (including phenoxy) is 2. The molecule has 0 atom stereocenters. The molecule has 0 amide bonds. The molecule has 8 heteroatoms. The molecule has 342 valence electrons. The Bertz CT molecular complexity index is 3790. The van der Waals surface area contributed by atoms with Gasteiger partial charge in [-0.3, -0.25) is 0 Å². The molecule has 10 aromatic carbocycles. The van der Waals surface area contributed by atoms with Crippen molar-refractivity contribution in [2.45, 2.75) is 0 Å². The van der Waals surface area contributed by atoms with E-state index in [2.05, 4.69) is 192 Å². The highest BCUT2D eigenvalue weighted by Gasteiger charge is 2.24. The molecule has 14 rings (SSSR count). The number of hydrogen-bond acceptors (Lipinski definition) is 8. The van der Waals surface area contributed by atoms with Crippen molar-refractivity contribution in [1.82, 2.24) is 0 Å². The van der Waals surface area contributed by atoms with Crippen LogP contribution in [0, 0.1) is 0 Å². The third-order valence-corrected chi connectivity index (χ3v) is 17.7. The van der Waals surface area contributed by atoms with Crippen molar-refractivity contribution in [3.05, 3.63) is 243 Å². The van der Waals surface area contributed by atoms with Crippen LogP contribution in [0.1, 0.15) is 0 Å². The molecule has 0 bridgehead atoms. The van der Waals surface area contributed by atoms with E-state index in [0.29, 0.717) is 0 Å². The molecule has 0 unspecified atom stereocenters. The second-order valence-corrected chi connectivity index (χ2v) is 22.0. The second-order valence-electron chi connectivity index (χ2n) is 17.7. The van der Waals surface area contributed by atoms with E-state index < -0.39 is 0 Å². The fourth-order valence-corrected chi connectivity index (χ4v) is 14.9. The molecule has 4 aromatic heterocycles. The molecule has 0 N–H and O–H groups in total. The fourth-order valence-electron chi connectivity index (χ4n) is 9.97. The smallest absolute Gasteiger partial charge is 0.128 e. The average Bonchev–Trinajstić information content (AvgIpc) is 4.21. The Morgan fingerprint density at radius 3 is 0.931 bits per heavy atom. The summed E-state index contributed by atoms with van der Waals surface area (Å²) in [4.78, 5) is 7.12. The third-order valence-electron chi connectivity index (χ3n) is 13.1. The normalized spacial score (nSPS) is 11.6. The lowest BCUT2D eigenvalue weighted by Crippen LogP contribution is -2.07. The van der Waals surface area contributed by atoms with Crippen molar-refractivity contribution < 1.29 is 9.47 Å². The Hall–Kier alpha value is -8.24. The van der Waals surface area contributed by atoms with Crippen LogP contribution in [0.15, 0.2) is 243 Å². The lowest BCUT2D eigenvalue weighted by molar-refractivity contribution is 0.483. The summed E-state index contributed by atoms with van der Waals surface area (Å²) < 4.78 is 18.5. The molecule has 0 fully saturated rings. The van der Waals surface area contributed by atoms with Crippen molar-refractivity contribution in [2.75, 3.05) is 9.80 Å². The topological polar surface area (TPSA) is 24.9 Å². The Morgan fingerprint density at radius 2 is 0.597 bits per heavy atom. The van der Waals surface area contributed by atoms with Gasteiger partial charge in [0.05, 0.1) is 0 Å². The van der Waals surface area contributed by atoms with Gasteiger partial charge in [0.15, 0.2) is 0 Å². The van der Waals surface area contributed by atoms with Gasteiger partial charge < -0.3 is 19.3 Å². The van der Waals surface area contributed by atoms with Gasteiger partial charge in [-0.05, 0) is 166 Å². The maximum absolute atomic E-state index is 6.74. The summed E-state index contributed by atoms with van der Waals surface area (Å²) >= 11 is 7.34. The molecule has 0 radical (unpaired) electrons. The molecule has 0 saturated carbocycles. The minimum atomic E-state index is 0.799. The number of benzene rings is 10. The predicted octanol–water partition coefficient (Wildman–Crippen LogP) is 21.0. The first-order chi connectivity index (χ1) is 35.6. The van der Waals surface area contributed by atoms with Crippen LogP contribution < -0.4 is 19.3 Å². The zero-order valence-electron chi connectivity index (χ0n) is 38.4. The van der Waals surface area contributed by atoms with Gasteiger partial charge in [-0.25, -0.2) is 0 Å². The molecule has 0 aliphatic heterocycles. The van der Waals surface area contributed by atoms with Crippen molar-refractivity contribution in [3.8, 4) is 43.9 Å². The highest BCUT2D eigenvalue weighted by Crippen LogP contribution is 2.53. The summed E-state index contributed by atoms with van der Waals surface area (Å²) in [6.07, 6.45) is 0. The Morgan fingerprint density at radius 1 is 0.278 bits per heavy atom. The van der Waals surface area contributed by atoms with Crippen LogP contribution in [0.5, 0.6) is 23.0 Å². The SMILES string of the molecule is c1ccc(Oc2cc3cc(-c4cc5sc(N(c6ccccc6)c6ccccc6)cc5s4)c4cc(Oc5ccccc5)cc5cc(-c6cc7sc(N(c8ccccc8)c8ccccc8)cc7s6)c(c2)c3c54)cc1. The van der Waals surface area contributed by atoms with E-state index >= 15 is 0 Å². The van der Waals surface area contributed by atoms with Crippen LogP contribution in [0.25, 0.3) is 72.0 Å². The first-order valence-electron chi connectivity index (χ1n) is 23.8. The van der Waals surface area contributed by atoms with Gasteiger partial charge in [0.1, 0.15) is 33.0 Å². The number of rotatable bonds is 12. The molecule has 0 aliphatic rings. The van der Waals surface area contributed by atoms with Crippen LogP contribution in [-0.2, 0) is 0 Å². The summed E-state index contributed by atoms with van der Waals surface area (Å²) in [7, 11) is 0. The van der Waals surface area contributed by atoms with E-state index in [1.165, 1.54) is 60.5 Å². The molecule has 72 heavy (non-hydrogen) atoms. The Labute approximate surface area is 432 Å². The van der Waals surface area contributed by atoms with Crippen LogP contribution in [0.3, 0.4) is 0 Å². The number of para-hydroxylation sites is 6. The summed E-state index contributed by atoms with van der Waals surface area (Å²) in [6, 6.07) is 86.0. The third kappa shape index (κ3) is 7.73.